The summed E-state index contributed by atoms with van der Waals surface area (Å²) >= 11 is 5.09. The lowest BCUT2D eigenvalue weighted by Crippen LogP contribution is -2.11. The Morgan fingerprint density at radius 1 is 1.52 bits per heavy atom. The van der Waals surface area contributed by atoms with Crippen LogP contribution >= 0.6 is 27.7 Å². The molecule has 23 heavy (non-hydrogen) atoms. The Kier molecular flexibility index (Phi) is 6.44. The van der Waals surface area contributed by atoms with E-state index in [0.29, 0.717) is 16.0 Å². The molecular formula is C17H17BrF2O2S. The van der Waals surface area contributed by atoms with Gasteiger partial charge in [0, 0.05) is 17.4 Å². The summed E-state index contributed by atoms with van der Waals surface area (Å²) in [4.78, 5) is 1.10. The van der Waals surface area contributed by atoms with Crippen molar-refractivity contribution in [2.75, 3.05) is 5.75 Å². The van der Waals surface area contributed by atoms with E-state index in [9.17, 15) is 13.9 Å². The number of halogens is 3. The first-order valence-electron chi connectivity index (χ1n) is 7.06. The van der Waals surface area contributed by atoms with Gasteiger partial charge in [-0.3, -0.25) is 0 Å². The topological polar surface area (TPSA) is 29.5 Å². The summed E-state index contributed by atoms with van der Waals surface area (Å²) in [6.45, 7) is 4.88. The van der Waals surface area contributed by atoms with Crippen LogP contribution in [0.1, 0.15) is 13.3 Å². The highest BCUT2D eigenvalue weighted by Crippen LogP contribution is 2.43. The predicted octanol–water partition coefficient (Wildman–Crippen LogP) is 5.21. The van der Waals surface area contributed by atoms with Crippen molar-refractivity contribution in [3.05, 3.63) is 69.3 Å². The van der Waals surface area contributed by atoms with Gasteiger partial charge in [-0.1, -0.05) is 12.7 Å². The summed E-state index contributed by atoms with van der Waals surface area (Å²) in [7, 11) is 0. The Balaban J connectivity index is 2.18. The van der Waals surface area contributed by atoms with Crippen LogP contribution in [-0.2, 0) is 4.74 Å². The fourth-order valence-corrected chi connectivity index (χ4v) is 4.22. The van der Waals surface area contributed by atoms with Crippen LogP contribution in [0.2, 0.25) is 0 Å². The third kappa shape index (κ3) is 4.68. The van der Waals surface area contributed by atoms with Gasteiger partial charge in [-0.05, 0) is 52.4 Å². The Morgan fingerprint density at radius 3 is 2.96 bits per heavy atom. The zero-order chi connectivity index (χ0) is 17.0. The summed E-state index contributed by atoms with van der Waals surface area (Å²) in [5.41, 5.74) is 0.823. The molecule has 2 aliphatic rings. The van der Waals surface area contributed by atoms with Crippen molar-refractivity contribution in [3.63, 3.8) is 0 Å². The molecule has 0 aromatic heterocycles. The Labute approximate surface area is 147 Å². The number of aliphatic hydroxyl groups is 1. The van der Waals surface area contributed by atoms with Gasteiger partial charge in [0.25, 0.3) is 0 Å². The highest BCUT2D eigenvalue weighted by molar-refractivity contribution is 9.12. The molecular weight excluding hydrogens is 386 g/mol. The largest absolute Gasteiger partial charge is 0.485 e. The van der Waals surface area contributed by atoms with Gasteiger partial charge in [0.05, 0.1) is 10.6 Å². The lowest BCUT2D eigenvalue weighted by molar-refractivity contribution is 0.177. The lowest BCUT2D eigenvalue weighted by Gasteiger charge is -2.15. The van der Waals surface area contributed by atoms with E-state index in [1.165, 1.54) is 6.08 Å². The summed E-state index contributed by atoms with van der Waals surface area (Å²) in [5.74, 6) is -0.347. The monoisotopic (exact) mass is 402 g/mol. The standard InChI is InChI=1S/C17H17BrF2O2S/c1-3-11(19)8-12(20)7-10(2)22-14-5-4-6-15-16(17(14)18)13(21)9-23-15/h3-5,7-8,10,13,21H,1,6,9H2,2H3/b11-8+,12-7+. The number of ether oxygens (including phenoxy) is 1. The molecule has 0 aromatic carbocycles. The van der Waals surface area contributed by atoms with Gasteiger partial charge in [-0.15, -0.1) is 11.8 Å². The van der Waals surface area contributed by atoms with Crippen LogP contribution in [0.15, 0.2) is 69.3 Å². The number of hydrogen-bond acceptors (Lipinski definition) is 3. The van der Waals surface area contributed by atoms with Crippen molar-refractivity contribution in [1.29, 1.82) is 0 Å². The summed E-state index contributed by atoms with van der Waals surface area (Å²) in [5, 5.41) is 10.1. The summed E-state index contributed by atoms with van der Waals surface area (Å²) in [6, 6.07) is 0. The van der Waals surface area contributed by atoms with Gasteiger partial charge in [0.1, 0.15) is 23.5 Å². The molecule has 6 heteroatoms. The van der Waals surface area contributed by atoms with Gasteiger partial charge in [0.2, 0.25) is 0 Å². The van der Waals surface area contributed by atoms with Crippen LogP contribution in [0.4, 0.5) is 8.78 Å². The fraction of sp³-hybridized carbons (Fsp3) is 0.294. The van der Waals surface area contributed by atoms with E-state index in [-0.39, 0.29) is 0 Å². The molecule has 1 aliphatic heterocycles. The molecule has 1 N–H and O–H groups in total. The first kappa shape index (κ1) is 18.2. The van der Waals surface area contributed by atoms with Gasteiger partial charge in [-0.25, -0.2) is 8.78 Å². The van der Waals surface area contributed by atoms with Crippen molar-refractivity contribution < 1.29 is 18.6 Å². The highest BCUT2D eigenvalue weighted by atomic mass is 79.9. The van der Waals surface area contributed by atoms with Crippen LogP contribution < -0.4 is 0 Å². The van der Waals surface area contributed by atoms with E-state index in [1.54, 1.807) is 24.8 Å². The third-order valence-corrected chi connectivity index (χ3v) is 5.29. The maximum atomic E-state index is 13.6. The molecule has 1 heterocycles. The van der Waals surface area contributed by atoms with Gasteiger partial charge in [0.15, 0.2) is 0 Å². The minimum atomic E-state index is -0.749. The van der Waals surface area contributed by atoms with E-state index >= 15 is 0 Å². The van der Waals surface area contributed by atoms with Gasteiger partial charge < -0.3 is 9.84 Å². The van der Waals surface area contributed by atoms with Crippen molar-refractivity contribution in [2.45, 2.75) is 25.6 Å². The zero-order valence-electron chi connectivity index (χ0n) is 12.6. The maximum Gasteiger partial charge on any atom is 0.134 e. The molecule has 0 bridgehead atoms. The van der Waals surface area contributed by atoms with E-state index in [0.717, 1.165) is 29.1 Å². The Hall–Kier alpha value is -1.11. The molecule has 0 saturated heterocycles. The predicted molar refractivity (Wildman–Crippen MR) is 94.3 cm³/mol. The van der Waals surface area contributed by atoms with Crippen molar-refractivity contribution in [3.8, 4) is 0 Å². The summed E-state index contributed by atoms with van der Waals surface area (Å²) < 4.78 is 33.0. The molecule has 0 fully saturated rings. The van der Waals surface area contributed by atoms with Crippen molar-refractivity contribution >= 4 is 27.7 Å². The molecule has 2 atom stereocenters. The first-order valence-corrected chi connectivity index (χ1v) is 8.84. The lowest BCUT2D eigenvalue weighted by atomic mass is 10.1. The number of allylic oxidation sites excluding steroid dienone is 7. The summed E-state index contributed by atoms with van der Waals surface area (Å²) in [6.07, 6.45) is 6.15. The second-order valence-corrected chi connectivity index (χ2v) is 6.96. The minimum Gasteiger partial charge on any atom is -0.485 e. The first-order chi connectivity index (χ1) is 10.9. The molecule has 2 unspecified atom stereocenters. The maximum absolute atomic E-state index is 13.6. The molecule has 0 spiro atoms. The molecule has 124 valence electrons. The number of thioether (sulfide) groups is 1. The fourth-order valence-electron chi connectivity index (χ4n) is 2.23. The van der Waals surface area contributed by atoms with Crippen molar-refractivity contribution in [1.82, 2.24) is 0 Å². The molecule has 2 nitrogen and oxygen atoms in total. The number of hydrogen-bond donors (Lipinski definition) is 1. The quantitative estimate of drug-likeness (QED) is 0.639. The molecule has 1 aliphatic carbocycles. The SMILES string of the molecule is C=C/C(F)=C\C(F)=C/C(C)OC1=C(Br)C2=C(CC=C1)SCC2O. The van der Waals surface area contributed by atoms with E-state index in [2.05, 4.69) is 22.5 Å². The molecule has 0 radical (unpaired) electrons. The van der Waals surface area contributed by atoms with Crippen LogP contribution in [0.3, 0.4) is 0 Å². The molecule has 2 rings (SSSR count). The zero-order valence-corrected chi connectivity index (χ0v) is 15.0. The number of rotatable bonds is 5. The van der Waals surface area contributed by atoms with Crippen LogP contribution in [0.25, 0.3) is 0 Å². The Bertz CT molecular complexity index is 647. The van der Waals surface area contributed by atoms with Crippen LogP contribution in [-0.4, -0.2) is 23.1 Å². The highest BCUT2D eigenvalue weighted by Gasteiger charge is 2.29. The van der Waals surface area contributed by atoms with E-state index < -0.39 is 23.9 Å². The van der Waals surface area contributed by atoms with Gasteiger partial charge >= 0.3 is 0 Å². The average molecular weight is 403 g/mol. The van der Waals surface area contributed by atoms with E-state index in [4.69, 9.17) is 4.74 Å². The normalized spacial score (nSPS) is 23.8. The number of aliphatic hydroxyl groups excluding tert-OH is 1. The van der Waals surface area contributed by atoms with Gasteiger partial charge in [-0.2, -0.15) is 0 Å². The van der Waals surface area contributed by atoms with Crippen LogP contribution in [0, 0.1) is 0 Å². The molecule has 0 aromatic rings. The molecule has 0 saturated carbocycles. The Morgan fingerprint density at radius 2 is 2.26 bits per heavy atom. The van der Waals surface area contributed by atoms with Crippen molar-refractivity contribution in [2.24, 2.45) is 0 Å². The average Bonchev–Trinajstić information content (AvgIpc) is 2.78. The van der Waals surface area contributed by atoms with E-state index in [1.807, 2.05) is 6.08 Å². The van der Waals surface area contributed by atoms with Crippen LogP contribution in [0.5, 0.6) is 0 Å². The minimum absolute atomic E-state index is 0.515. The second kappa shape index (κ2) is 8.13. The third-order valence-electron chi connectivity index (χ3n) is 3.25. The second-order valence-electron chi connectivity index (χ2n) is 5.06. The molecule has 0 amide bonds. The smallest absolute Gasteiger partial charge is 0.134 e.